The van der Waals surface area contributed by atoms with E-state index in [-0.39, 0.29) is 0 Å². The molecule has 0 saturated carbocycles. The molecule has 0 radical (unpaired) electrons. The topological polar surface area (TPSA) is 0 Å². The SMILES string of the molecule is C(=Cc1ccc(-c2c3ccccc3c(-c3ccccc3)c3ccccc23)c2ccccc12)C1=CC=C(c2ccccc2)CC1. The van der Waals surface area contributed by atoms with Gasteiger partial charge < -0.3 is 0 Å². The van der Waals surface area contributed by atoms with E-state index in [0.29, 0.717) is 0 Å². The largest absolute Gasteiger partial charge is 0.0622 e. The normalized spacial score (nSPS) is 13.5. The molecular weight excluding hydrogens is 528 g/mol. The van der Waals surface area contributed by atoms with Crippen LogP contribution in [0, 0.1) is 0 Å². The smallest absolute Gasteiger partial charge is 0.00201 e. The molecule has 0 bridgehead atoms. The Bertz CT molecular complexity index is 2190. The third-order valence-corrected chi connectivity index (χ3v) is 9.02. The van der Waals surface area contributed by atoms with Crippen LogP contribution in [0.5, 0.6) is 0 Å². The molecule has 0 unspecified atom stereocenters. The Hall–Kier alpha value is -5.46. The molecule has 0 N–H and O–H groups in total. The van der Waals surface area contributed by atoms with Crippen LogP contribution in [-0.4, -0.2) is 0 Å². The molecule has 8 rings (SSSR count). The van der Waals surface area contributed by atoms with Crippen LogP contribution in [-0.2, 0) is 0 Å². The van der Waals surface area contributed by atoms with Crippen molar-refractivity contribution in [2.75, 3.05) is 0 Å². The number of fused-ring (bicyclic) bond motifs is 3. The van der Waals surface area contributed by atoms with Gasteiger partial charge in [-0.2, -0.15) is 0 Å². The van der Waals surface area contributed by atoms with Crippen molar-refractivity contribution in [3.8, 4) is 22.3 Å². The van der Waals surface area contributed by atoms with Gasteiger partial charge in [-0.3, -0.25) is 0 Å². The fourth-order valence-corrected chi connectivity index (χ4v) is 6.90. The molecule has 208 valence electrons. The predicted molar refractivity (Wildman–Crippen MR) is 191 cm³/mol. The molecule has 0 aliphatic heterocycles. The van der Waals surface area contributed by atoms with Crippen molar-refractivity contribution in [2.45, 2.75) is 12.8 Å². The summed E-state index contributed by atoms with van der Waals surface area (Å²) in [5.74, 6) is 0. The van der Waals surface area contributed by atoms with Crippen molar-refractivity contribution in [1.29, 1.82) is 0 Å². The first-order valence-corrected chi connectivity index (χ1v) is 15.5. The zero-order chi connectivity index (χ0) is 29.3. The molecule has 1 aliphatic carbocycles. The van der Waals surface area contributed by atoms with Crippen LogP contribution >= 0.6 is 0 Å². The third-order valence-electron chi connectivity index (χ3n) is 9.02. The zero-order valence-electron chi connectivity index (χ0n) is 24.6. The molecule has 0 heterocycles. The second kappa shape index (κ2) is 11.3. The Kier molecular flexibility index (Phi) is 6.74. The van der Waals surface area contributed by atoms with Crippen molar-refractivity contribution in [3.05, 3.63) is 181 Å². The van der Waals surface area contributed by atoms with Gasteiger partial charge in [0.1, 0.15) is 0 Å². The predicted octanol–water partition coefficient (Wildman–Crippen LogP) is 12.3. The molecule has 0 heteroatoms. The number of hydrogen-bond acceptors (Lipinski definition) is 0. The molecule has 0 fully saturated rings. The summed E-state index contributed by atoms with van der Waals surface area (Å²) in [7, 11) is 0. The summed E-state index contributed by atoms with van der Waals surface area (Å²) in [5, 5.41) is 7.69. The summed E-state index contributed by atoms with van der Waals surface area (Å²) in [6.45, 7) is 0. The lowest BCUT2D eigenvalue weighted by Gasteiger charge is -2.19. The van der Waals surface area contributed by atoms with Gasteiger partial charge in [-0.1, -0.05) is 170 Å². The van der Waals surface area contributed by atoms with Crippen LogP contribution in [0.4, 0.5) is 0 Å². The van der Waals surface area contributed by atoms with Gasteiger partial charge in [0.05, 0.1) is 0 Å². The molecule has 0 nitrogen and oxygen atoms in total. The van der Waals surface area contributed by atoms with E-state index in [2.05, 4.69) is 170 Å². The number of benzene rings is 7. The van der Waals surface area contributed by atoms with Crippen molar-refractivity contribution in [2.24, 2.45) is 0 Å². The van der Waals surface area contributed by atoms with Gasteiger partial charge >= 0.3 is 0 Å². The average Bonchev–Trinajstić information content (AvgIpc) is 3.10. The lowest BCUT2D eigenvalue weighted by Crippen LogP contribution is -1.93. The molecule has 0 saturated heterocycles. The summed E-state index contributed by atoms with van der Waals surface area (Å²) in [5.41, 5.74) is 10.5. The Balaban J connectivity index is 1.27. The van der Waals surface area contributed by atoms with E-state index in [1.807, 2.05) is 0 Å². The molecule has 7 aromatic rings. The van der Waals surface area contributed by atoms with Crippen molar-refractivity contribution >= 4 is 44.0 Å². The van der Waals surface area contributed by atoms with Crippen molar-refractivity contribution in [3.63, 3.8) is 0 Å². The molecule has 0 aromatic heterocycles. The van der Waals surface area contributed by atoms with E-state index in [9.17, 15) is 0 Å². The highest BCUT2D eigenvalue weighted by atomic mass is 14.2. The van der Waals surface area contributed by atoms with E-state index < -0.39 is 0 Å². The van der Waals surface area contributed by atoms with Crippen LogP contribution in [0.3, 0.4) is 0 Å². The van der Waals surface area contributed by atoms with Crippen molar-refractivity contribution < 1.29 is 0 Å². The van der Waals surface area contributed by atoms with Crippen LogP contribution in [0.2, 0.25) is 0 Å². The van der Waals surface area contributed by atoms with E-state index in [0.717, 1.165) is 12.8 Å². The van der Waals surface area contributed by atoms with Gasteiger partial charge in [0.15, 0.2) is 0 Å². The fourth-order valence-electron chi connectivity index (χ4n) is 6.90. The van der Waals surface area contributed by atoms with Gasteiger partial charge in [0, 0.05) is 0 Å². The molecule has 7 aromatic carbocycles. The highest BCUT2D eigenvalue weighted by Gasteiger charge is 2.18. The first-order chi connectivity index (χ1) is 21.8. The van der Waals surface area contributed by atoms with E-state index in [1.165, 1.54) is 76.8 Å². The van der Waals surface area contributed by atoms with E-state index >= 15 is 0 Å². The molecule has 1 aliphatic rings. The summed E-state index contributed by atoms with van der Waals surface area (Å²) in [6.07, 6.45) is 11.3. The van der Waals surface area contributed by atoms with Crippen LogP contribution in [0.1, 0.15) is 24.0 Å². The minimum absolute atomic E-state index is 1.05. The molecule has 0 atom stereocenters. The molecule has 0 amide bonds. The lowest BCUT2D eigenvalue weighted by molar-refractivity contribution is 1.01. The summed E-state index contributed by atoms with van der Waals surface area (Å²) in [6, 6.07) is 52.9. The van der Waals surface area contributed by atoms with Gasteiger partial charge in [0.2, 0.25) is 0 Å². The Morgan fingerprint density at radius 3 is 1.48 bits per heavy atom. The number of hydrogen-bond donors (Lipinski definition) is 0. The fraction of sp³-hybridized carbons (Fsp3) is 0.0455. The lowest BCUT2D eigenvalue weighted by atomic mass is 9.84. The highest BCUT2D eigenvalue weighted by Crippen LogP contribution is 2.45. The first-order valence-electron chi connectivity index (χ1n) is 15.5. The molecule has 0 spiro atoms. The average molecular weight is 561 g/mol. The van der Waals surface area contributed by atoms with E-state index in [1.54, 1.807) is 0 Å². The van der Waals surface area contributed by atoms with Gasteiger partial charge in [-0.25, -0.2) is 0 Å². The molecular formula is C44H32. The van der Waals surface area contributed by atoms with Gasteiger partial charge in [-0.05, 0) is 89.7 Å². The zero-order valence-corrected chi connectivity index (χ0v) is 24.6. The second-order valence-corrected chi connectivity index (χ2v) is 11.6. The minimum Gasteiger partial charge on any atom is -0.0622 e. The number of allylic oxidation sites excluding steroid dienone is 5. The van der Waals surface area contributed by atoms with E-state index in [4.69, 9.17) is 0 Å². The third kappa shape index (κ3) is 4.66. The molecule has 44 heavy (non-hydrogen) atoms. The Morgan fingerprint density at radius 2 is 0.886 bits per heavy atom. The summed E-state index contributed by atoms with van der Waals surface area (Å²) >= 11 is 0. The first kappa shape index (κ1) is 26.2. The maximum absolute atomic E-state index is 2.33. The van der Waals surface area contributed by atoms with Crippen LogP contribution in [0.15, 0.2) is 169 Å². The summed E-state index contributed by atoms with van der Waals surface area (Å²) in [4.78, 5) is 0. The van der Waals surface area contributed by atoms with Crippen LogP contribution in [0.25, 0.3) is 66.2 Å². The number of rotatable bonds is 5. The van der Waals surface area contributed by atoms with Crippen molar-refractivity contribution in [1.82, 2.24) is 0 Å². The standard InChI is InChI=1S/C44H32/c1-3-13-32(14-4-1)33-26-23-31(24-27-33)25-28-34-29-30-42(37-18-8-7-17-36(34)37)44-40-21-11-9-19-38(40)43(35-15-5-2-6-16-35)39-20-10-12-22-41(39)44/h1-23,25-26,28-30H,24,27H2. The van der Waals surface area contributed by atoms with Gasteiger partial charge in [-0.15, -0.1) is 0 Å². The minimum atomic E-state index is 1.05. The Morgan fingerprint density at radius 1 is 0.364 bits per heavy atom. The monoisotopic (exact) mass is 560 g/mol. The quantitative estimate of drug-likeness (QED) is 0.184. The maximum Gasteiger partial charge on any atom is -0.00201 e. The van der Waals surface area contributed by atoms with Crippen LogP contribution < -0.4 is 0 Å². The summed E-state index contributed by atoms with van der Waals surface area (Å²) < 4.78 is 0. The Labute approximate surface area is 258 Å². The maximum atomic E-state index is 2.33. The van der Waals surface area contributed by atoms with Gasteiger partial charge in [0.25, 0.3) is 0 Å². The highest BCUT2D eigenvalue weighted by molar-refractivity contribution is 6.23. The second-order valence-electron chi connectivity index (χ2n) is 11.6.